The van der Waals surface area contributed by atoms with E-state index in [9.17, 15) is 14.4 Å². The average molecular weight is 179 g/mol. The molecule has 4 nitrogen and oxygen atoms in total. The standard InChI is InChI=1S/C9H9NO3/c11-7-3-1-2-4(7)6-5(3)8(12)10-9(6)13/h3-6H,1-2H2,(H,10,12,13)/t3-,4+,5-,6+. The molecule has 0 radical (unpaired) electrons. The van der Waals surface area contributed by atoms with Gasteiger partial charge in [-0.1, -0.05) is 0 Å². The van der Waals surface area contributed by atoms with E-state index in [1.807, 2.05) is 0 Å². The lowest BCUT2D eigenvalue weighted by Gasteiger charge is -2.17. The highest BCUT2D eigenvalue weighted by atomic mass is 16.2. The SMILES string of the molecule is O=C1NC(=O)[C@H]2[C@@H]1[C@@H]1CC[C@H]2C1=O. The van der Waals surface area contributed by atoms with Crippen LogP contribution in [-0.4, -0.2) is 17.6 Å². The molecule has 2 bridgehead atoms. The maximum absolute atomic E-state index is 11.5. The average Bonchev–Trinajstić information content (AvgIpc) is 2.67. The molecular formula is C9H9NO3. The van der Waals surface area contributed by atoms with E-state index in [1.54, 1.807) is 0 Å². The van der Waals surface area contributed by atoms with Gasteiger partial charge in [-0.2, -0.15) is 0 Å². The van der Waals surface area contributed by atoms with Gasteiger partial charge >= 0.3 is 0 Å². The van der Waals surface area contributed by atoms with Gasteiger partial charge in [-0.05, 0) is 12.8 Å². The van der Waals surface area contributed by atoms with Gasteiger partial charge in [0, 0.05) is 11.8 Å². The van der Waals surface area contributed by atoms with Crippen molar-refractivity contribution in [2.45, 2.75) is 12.8 Å². The minimum absolute atomic E-state index is 0.151. The van der Waals surface area contributed by atoms with Crippen molar-refractivity contribution in [3.05, 3.63) is 0 Å². The number of rotatable bonds is 0. The summed E-state index contributed by atoms with van der Waals surface area (Å²) in [6.07, 6.45) is 1.59. The van der Waals surface area contributed by atoms with Gasteiger partial charge in [-0.3, -0.25) is 19.7 Å². The summed E-state index contributed by atoms with van der Waals surface area (Å²) in [5.41, 5.74) is 0. The van der Waals surface area contributed by atoms with Crippen LogP contribution in [0, 0.1) is 23.7 Å². The molecule has 68 valence electrons. The predicted molar refractivity (Wildman–Crippen MR) is 41.4 cm³/mol. The highest BCUT2D eigenvalue weighted by molar-refractivity contribution is 6.12. The molecule has 4 atom stereocenters. The number of fused-ring (bicyclic) bond motifs is 5. The van der Waals surface area contributed by atoms with Gasteiger partial charge in [0.05, 0.1) is 11.8 Å². The Morgan fingerprint density at radius 2 is 1.38 bits per heavy atom. The first-order chi connectivity index (χ1) is 6.20. The number of carbonyl (C=O) groups excluding carboxylic acids is 3. The third-order valence-corrected chi connectivity index (χ3v) is 3.63. The Morgan fingerprint density at radius 3 is 1.85 bits per heavy atom. The smallest absolute Gasteiger partial charge is 0.231 e. The lowest BCUT2D eigenvalue weighted by atomic mass is 9.81. The fourth-order valence-corrected chi connectivity index (χ4v) is 3.11. The van der Waals surface area contributed by atoms with Crippen LogP contribution in [0.1, 0.15) is 12.8 Å². The van der Waals surface area contributed by atoms with Gasteiger partial charge in [-0.15, -0.1) is 0 Å². The number of ketones is 1. The van der Waals surface area contributed by atoms with Crippen LogP contribution in [0.2, 0.25) is 0 Å². The van der Waals surface area contributed by atoms with Crippen molar-refractivity contribution in [2.24, 2.45) is 23.7 Å². The summed E-state index contributed by atoms with van der Waals surface area (Å²) in [5, 5.41) is 2.31. The molecule has 3 fully saturated rings. The van der Waals surface area contributed by atoms with E-state index >= 15 is 0 Å². The molecule has 3 aliphatic rings. The van der Waals surface area contributed by atoms with E-state index in [-0.39, 0.29) is 41.3 Å². The molecule has 0 aromatic rings. The highest BCUT2D eigenvalue weighted by Gasteiger charge is 2.62. The maximum atomic E-state index is 11.5. The molecule has 13 heavy (non-hydrogen) atoms. The van der Waals surface area contributed by atoms with Crippen LogP contribution in [0.3, 0.4) is 0 Å². The number of amides is 2. The Hall–Kier alpha value is -1.19. The van der Waals surface area contributed by atoms with Crippen molar-refractivity contribution in [1.29, 1.82) is 0 Å². The summed E-state index contributed by atoms with van der Waals surface area (Å²) in [6, 6.07) is 0. The van der Waals surface area contributed by atoms with Gasteiger partial charge in [0.2, 0.25) is 11.8 Å². The second-order valence-electron chi connectivity index (χ2n) is 4.10. The lowest BCUT2D eigenvalue weighted by molar-refractivity contribution is -0.131. The predicted octanol–water partition coefficient (Wildman–Crippen LogP) is -0.516. The van der Waals surface area contributed by atoms with Crippen LogP contribution in [0.4, 0.5) is 0 Å². The molecule has 3 rings (SSSR count). The van der Waals surface area contributed by atoms with E-state index in [2.05, 4.69) is 5.32 Å². The van der Waals surface area contributed by atoms with E-state index in [4.69, 9.17) is 0 Å². The third kappa shape index (κ3) is 0.654. The molecule has 0 unspecified atom stereocenters. The fraction of sp³-hybridized carbons (Fsp3) is 0.667. The van der Waals surface area contributed by atoms with Crippen LogP contribution >= 0.6 is 0 Å². The monoisotopic (exact) mass is 179 g/mol. The number of hydrogen-bond acceptors (Lipinski definition) is 3. The summed E-state index contributed by atoms with van der Waals surface area (Å²) in [6.45, 7) is 0. The number of Topliss-reactive ketones (excluding diaryl/α,β-unsaturated/α-hetero) is 1. The van der Waals surface area contributed by atoms with Crippen LogP contribution < -0.4 is 5.32 Å². The number of hydrogen-bond donors (Lipinski definition) is 1. The molecule has 0 aromatic heterocycles. The van der Waals surface area contributed by atoms with Crippen molar-refractivity contribution in [3.63, 3.8) is 0 Å². The Balaban J connectivity index is 2.09. The summed E-state index contributed by atoms with van der Waals surface area (Å²) in [5.74, 6) is -1.25. The first-order valence-electron chi connectivity index (χ1n) is 4.58. The molecule has 1 aliphatic heterocycles. The largest absolute Gasteiger partial charge is 0.299 e. The van der Waals surface area contributed by atoms with Crippen LogP contribution in [0.5, 0.6) is 0 Å². The zero-order valence-electron chi connectivity index (χ0n) is 6.95. The lowest BCUT2D eigenvalue weighted by Crippen LogP contribution is -2.27. The molecule has 0 aromatic carbocycles. The van der Waals surface area contributed by atoms with Crippen molar-refractivity contribution >= 4 is 17.6 Å². The van der Waals surface area contributed by atoms with Gasteiger partial charge in [0.1, 0.15) is 5.78 Å². The number of nitrogens with one attached hydrogen (secondary N) is 1. The minimum atomic E-state index is -0.321. The van der Waals surface area contributed by atoms with Gasteiger partial charge in [-0.25, -0.2) is 0 Å². The number of carbonyl (C=O) groups is 3. The van der Waals surface area contributed by atoms with Crippen molar-refractivity contribution < 1.29 is 14.4 Å². The quantitative estimate of drug-likeness (QED) is 0.509. The first-order valence-corrected chi connectivity index (χ1v) is 4.58. The fourth-order valence-electron chi connectivity index (χ4n) is 3.11. The van der Waals surface area contributed by atoms with Crippen molar-refractivity contribution in [3.8, 4) is 0 Å². The summed E-state index contributed by atoms with van der Waals surface area (Å²) >= 11 is 0. The van der Waals surface area contributed by atoms with Crippen LogP contribution in [-0.2, 0) is 14.4 Å². The first kappa shape index (κ1) is 7.24. The zero-order chi connectivity index (χ0) is 9.16. The van der Waals surface area contributed by atoms with Gasteiger partial charge in [0.15, 0.2) is 0 Å². The minimum Gasteiger partial charge on any atom is -0.299 e. The zero-order valence-corrected chi connectivity index (χ0v) is 6.95. The molecule has 1 saturated heterocycles. The number of imide groups is 1. The highest BCUT2D eigenvalue weighted by Crippen LogP contribution is 2.51. The van der Waals surface area contributed by atoms with E-state index in [0.29, 0.717) is 0 Å². The summed E-state index contributed by atoms with van der Waals surface area (Å²) in [7, 11) is 0. The second kappa shape index (κ2) is 2.00. The Morgan fingerprint density at radius 1 is 0.923 bits per heavy atom. The Bertz CT molecular complexity index is 306. The molecule has 2 aliphatic carbocycles. The molecule has 0 spiro atoms. The molecule has 1 N–H and O–H groups in total. The third-order valence-electron chi connectivity index (χ3n) is 3.63. The summed E-state index contributed by atoms with van der Waals surface area (Å²) in [4.78, 5) is 34.2. The molecule has 2 saturated carbocycles. The van der Waals surface area contributed by atoms with Crippen LogP contribution in [0.25, 0.3) is 0 Å². The van der Waals surface area contributed by atoms with Gasteiger partial charge in [0.25, 0.3) is 0 Å². The maximum Gasteiger partial charge on any atom is 0.231 e. The van der Waals surface area contributed by atoms with E-state index in [0.717, 1.165) is 12.8 Å². The second-order valence-corrected chi connectivity index (χ2v) is 4.10. The van der Waals surface area contributed by atoms with E-state index < -0.39 is 0 Å². The Labute approximate surface area is 74.7 Å². The molecule has 2 amide bonds. The van der Waals surface area contributed by atoms with Crippen LogP contribution in [0.15, 0.2) is 0 Å². The van der Waals surface area contributed by atoms with Gasteiger partial charge < -0.3 is 0 Å². The molecular weight excluding hydrogens is 170 g/mol. The normalized spacial score (nSPS) is 46.9. The molecule has 4 heteroatoms. The van der Waals surface area contributed by atoms with Crippen molar-refractivity contribution in [1.82, 2.24) is 5.32 Å². The van der Waals surface area contributed by atoms with Crippen molar-refractivity contribution in [2.75, 3.05) is 0 Å². The van der Waals surface area contributed by atoms with E-state index in [1.165, 1.54) is 0 Å². The summed E-state index contributed by atoms with van der Waals surface area (Å²) < 4.78 is 0. The molecule has 1 heterocycles. The Kier molecular flexibility index (Phi) is 1.11. The topological polar surface area (TPSA) is 63.2 Å².